The lowest BCUT2D eigenvalue weighted by atomic mass is 10.2. The minimum Gasteiger partial charge on any atom is -0.491 e. The molecule has 0 aliphatic carbocycles. The number of benzene rings is 2. The van der Waals surface area contributed by atoms with Crippen LogP contribution in [0.4, 0.5) is 11.4 Å². The van der Waals surface area contributed by atoms with Crippen molar-refractivity contribution in [3.63, 3.8) is 0 Å². The molecular weight excluding hydrogens is 386 g/mol. The van der Waals surface area contributed by atoms with Crippen LogP contribution in [0.5, 0.6) is 5.75 Å². The predicted molar refractivity (Wildman–Crippen MR) is 116 cm³/mol. The smallest absolute Gasteiger partial charge is 0.251 e. The van der Waals surface area contributed by atoms with E-state index in [-0.39, 0.29) is 18.4 Å². The van der Waals surface area contributed by atoms with E-state index >= 15 is 0 Å². The minimum absolute atomic E-state index is 0.103. The molecule has 0 saturated heterocycles. The number of anilines is 2. The average molecular weight is 415 g/mol. The van der Waals surface area contributed by atoms with Crippen LogP contribution in [0.15, 0.2) is 48.5 Å². The second-order valence-corrected chi connectivity index (χ2v) is 6.30. The maximum absolute atomic E-state index is 12.1. The van der Waals surface area contributed by atoms with Gasteiger partial charge in [-0.2, -0.15) is 0 Å². The molecule has 2 rings (SSSR count). The maximum atomic E-state index is 12.1. The van der Waals surface area contributed by atoms with E-state index in [1.807, 2.05) is 6.92 Å². The van der Waals surface area contributed by atoms with Gasteiger partial charge in [0.15, 0.2) is 0 Å². The van der Waals surface area contributed by atoms with E-state index in [1.54, 1.807) is 55.6 Å². The van der Waals surface area contributed by atoms with Crippen LogP contribution in [0.1, 0.15) is 17.3 Å². The van der Waals surface area contributed by atoms with Crippen molar-refractivity contribution >= 4 is 23.2 Å². The van der Waals surface area contributed by atoms with Gasteiger partial charge in [0.1, 0.15) is 12.4 Å². The Balaban J connectivity index is 1.73. The number of nitrogens with one attached hydrogen (secondary N) is 3. The Bertz CT molecular complexity index is 778. The van der Waals surface area contributed by atoms with Gasteiger partial charge < -0.3 is 30.2 Å². The summed E-state index contributed by atoms with van der Waals surface area (Å²) < 4.78 is 15.7. The Morgan fingerprint density at radius 2 is 1.60 bits per heavy atom. The molecule has 0 bridgehead atoms. The molecule has 3 N–H and O–H groups in total. The normalized spacial score (nSPS) is 10.3. The Morgan fingerprint density at radius 1 is 0.900 bits per heavy atom. The van der Waals surface area contributed by atoms with Crippen LogP contribution >= 0.6 is 0 Å². The van der Waals surface area contributed by atoms with Crippen LogP contribution in [0.25, 0.3) is 0 Å². The van der Waals surface area contributed by atoms with E-state index in [2.05, 4.69) is 16.0 Å². The highest BCUT2D eigenvalue weighted by molar-refractivity contribution is 5.95. The summed E-state index contributed by atoms with van der Waals surface area (Å²) in [6, 6.07) is 14.1. The highest BCUT2D eigenvalue weighted by Gasteiger charge is 2.06. The molecule has 0 spiro atoms. The van der Waals surface area contributed by atoms with Crippen molar-refractivity contribution in [3.8, 4) is 5.75 Å². The lowest BCUT2D eigenvalue weighted by molar-refractivity contribution is -0.114. The maximum Gasteiger partial charge on any atom is 0.251 e. The second-order valence-electron chi connectivity index (χ2n) is 6.30. The van der Waals surface area contributed by atoms with Crippen molar-refractivity contribution in [2.45, 2.75) is 6.92 Å². The number of ether oxygens (including phenoxy) is 3. The fourth-order valence-electron chi connectivity index (χ4n) is 2.49. The van der Waals surface area contributed by atoms with Crippen LogP contribution in [0.3, 0.4) is 0 Å². The molecule has 30 heavy (non-hydrogen) atoms. The van der Waals surface area contributed by atoms with E-state index in [0.29, 0.717) is 44.2 Å². The summed E-state index contributed by atoms with van der Waals surface area (Å²) in [5.41, 5.74) is 1.98. The van der Waals surface area contributed by atoms with Crippen LogP contribution in [0.2, 0.25) is 0 Å². The van der Waals surface area contributed by atoms with Crippen molar-refractivity contribution < 1.29 is 23.8 Å². The third-order valence-electron chi connectivity index (χ3n) is 4.03. The molecule has 0 fully saturated rings. The number of carbonyl (C=O) groups excluding carboxylic acids is 2. The molecule has 0 atom stereocenters. The Labute approximate surface area is 176 Å². The largest absolute Gasteiger partial charge is 0.491 e. The topological polar surface area (TPSA) is 97.9 Å². The average Bonchev–Trinajstić information content (AvgIpc) is 2.77. The van der Waals surface area contributed by atoms with E-state index in [0.717, 1.165) is 11.4 Å². The summed E-state index contributed by atoms with van der Waals surface area (Å²) >= 11 is 0. The first-order chi connectivity index (χ1) is 14.6. The molecule has 2 aromatic rings. The second kappa shape index (κ2) is 13.2. The zero-order valence-corrected chi connectivity index (χ0v) is 17.4. The molecule has 8 nitrogen and oxygen atoms in total. The Kier molecular flexibility index (Phi) is 10.2. The van der Waals surface area contributed by atoms with Gasteiger partial charge in [-0.3, -0.25) is 9.59 Å². The fraction of sp³-hybridized carbons (Fsp3) is 0.364. The minimum atomic E-state index is -0.179. The van der Waals surface area contributed by atoms with Crippen molar-refractivity contribution in [3.05, 3.63) is 54.1 Å². The third-order valence-corrected chi connectivity index (χ3v) is 4.03. The van der Waals surface area contributed by atoms with Gasteiger partial charge in [-0.05, 0) is 55.5 Å². The molecule has 0 aromatic heterocycles. The molecule has 0 aliphatic rings. The quantitative estimate of drug-likeness (QED) is 0.435. The number of hydrogen-bond donors (Lipinski definition) is 3. The van der Waals surface area contributed by atoms with Crippen molar-refractivity contribution in [2.75, 3.05) is 57.3 Å². The van der Waals surface area contributed by atoms with Crippen LogP contribution < -0.4 is 20.7 Å². The first-order valence-electron chi connectivity index (χ1n) is 9.84. The third kappa shape index (κ3) is 8.50. The summed E-state index contributed by atoms with van der Waals surface area (Å²) in [7, 11) is 1.58. The predicted octanol–water partition coefficient (Wildman–Crippen LogP) is 2.53. The number of amides is 2. The molecule has 0 heterocycles. The van der Waals surface area contributed by atoms with Gasteiger partial charge >= 0.3 is 0 Å². The number of hydrogen-bond acceptors (Lipinski definition) is 6. The van der Waals surface area contributed by atoms with Crippen LogP contribution in [-0.2, 0) is 14.3 Å². The number of methoxy groups -OCH3 is 1. The molecule has 8 heteroatoms. The first kappa shape index (κ1) is 23.2. The molecule has 2 aromatic carbocycles. The molecule has 2 amide bonds. The monoisotopic (exact) mass is 415 g/mol. The lowest BCUT2D eigenvalue weighted by Crippen LogP contribution is -2.26. The molecule has 0 saturated carbocycles. The van der Waals surface area contributed by atoms with Gasteiger partial charge in [-0.15, -0.1) is 0 Å². The zero-order chi connectivity index (χ0) is 21.6. The van der Waals surface area contributed by atoms with Crippen molar-refractivity contribution in [2.24, 2.45) is 0 Å². The van der Waals surface area contributed by atoms with Gasteiger partial charge in [0.2, 0.25) is 5.91 Å². The highest BCUT2D eigenvalue weighted by Crippen LogP contribution is 2.16. The summed E-state index contributed by atoms with van der Waals surface area (Å²) in [6.07, 6.45) is 0. The van der Waals surface area contributed by atoms with E-state index in [9.17, 15) is 9.59 Å². The SMILES string of the molecule is CCOCCOc1ccc(NC(=O)CNc2ccc(C(=O)NCCOC)cc2)cc1. The Morgan fingerprint density at radius 3 is 2.27 bits per heavy atom. The van der Waals surface area contributed by atoms with Gasteiger partial charge in [-0.25, -0.2) is 0 Å². The molecule has 162 valence electrons. The summed E-state index contributed by atoms with van der Waals surface area (Å²) in [5.74, 6) is 0.375. The molecular formula is C22H29N3O5. The van der Waals surface area contributed by atoms with E-state index in [1.165, 1.54) is 0 Å². The molecule has 0 unspecified atom stereocenters. The number of carbonyl (C=O) groups is 2. The zero-order valence-electron chi connectivity index (χ0n) is 17.4. The summed E-state index contributed by atoms with van der Waals surface area (Å²) in [4.78, 5) is 24.1. The van der Waals surface area contributed by atoms with Crippen LogP contribution in [-0.4, -0.2) is 58.4 Å². The van der Waals surface area contributed by atoms with Gasteiger partial charge in [-0.1, -0.05) is 0 Å². The van der Waals surface area contributed by atoms with Crippen molar-refractivity contribution in [1.82, 2.24) is 5.32 Å². The first-order valence-corrected chi connectivity index (χ1v) is 9.84. The highest BCUT2D eigenvalue weighted by atomic mass is 16.5. The molecule has 0 aliphatic heterocycles. The summed E-state index contributed by atoms with van der Waals surface area (Å²) in [5, 5.41) is 8.60. The van der Waals surface area contributed by atoms with E-state index in [4.69, 9.17) is 14.2 Å². The lowest BCUT2D eigenvalue weighted by Gasteiger charge is -2.10. The van der Waals surface area contributed by atoms with E-state index < -0.39 is 0 Å². The van der Waals surface area contributed by atoms with Crippen LogP contribution in [0, 0.1) is 0 Å². The van der Waals surface area contributed by atoms with Crippen molar-refractivity contribution in [1.29, 1.82) is 0 Å². The Hall–Kier alpha value is -3.10. The number of rotatable bonds is 13. The summed E-state index contributed by atoms with van der Waals surface area (Å²) in [6.45, 7) is 4.64. The molecule has 0 radical (unpaired) electrons. The standard InChI is InChI=1S/C22H29N3O5/c1-3-29-14-15-30-20-10-8-19(9-11-20)25-21(26)16-24-18-6-4-17(5-7-18)22(27)23-12-13-28-2/h4-11,24H,3,12-16H2,1-2H3,(H,23,27)(H,25,26). The van der Waals surface area contributed by atoms with Gasteiger partial charge in [0.05, 0.1) is 19.8 Å². The fourth-order valence-corrected chi connectivity index (χ4v) is 2.49. The van der Waals surface area contributed by atoms with Gasteiger partial charge in [0.25, 0.3) is 5.91 Å². The van der Waals surface area contributed by atoms with Gasteiger partial charge in [0, 0.05) is 37.2 Å².